The predicted octanol–water partition coefficient (Wildman–Crippen LogP) is 4.02. The third-order valence-corrected chi connectivity index (χ3v) is 5.80. The molecule has 7 heteroatoms. The summed E-state index contributed by atoms with van der Waals surface area (Å²) in [5, 5.41) is 12.2. The molecule has 0 aliphatic rings. The van der Waals surface area contributed by atoms with Gasteiger partial charge in [0.15, 0.2) is 11.0 Å². The van der Waals surface area contributed by atoms with Gasteiger partial charge in [0.2, 0.25) is 5.91 Å². The number of aryl methyl sites for hydroxylation is 1. The highest BCUT2D eigenvalue weighted by molar-refractivity contribution is 7.99. The maximum Gasteiger partial charge on any atom is 0.230 e. The van der Waals surface area contributed by atoms with Crippen LogP contribution in [0.5, 0.6) is 5.75 Å². The minimum Gasteiger partial charge on any atom is -0.496 e. The molecule has 152 valence electrons. The number of nitrogens with zero attached hydrogens (tertiary/aromatic N) is 3. The van der Waals surface area contributed by atoms with E-state index in [1.807, 2.05) is 42.8 Å². The van der Waals surface area contributed by atoms with Crippen molar-refractivity contribution in [2.75, 3.05) is 12.9 Å². The molecule has 0 aliphatic heterocycles. The van der Waals surface area contributed by atoms with Crippen LogP contribution >= 0.6 is 11.8 Å². The van der Waals surface area contributed by atoms with Gasteiger partial charge in [0.05, 0.1) is 24.5 Å². The Labute approximate surface area is 175 Å². The van der Waals surface area contributed by atoms with Crippen molar-refractivity contribution in [3.8, 4) is 17.1 Å². The highest BCUT2D eigenvalue weighted by Gasteiger charge is 2.16. The highest BCUT2D eigenvalue weighted by Crippen LogP contribution is 2.30. The lowest BCUT2D eigenvalue weighted by Gasteiger charge is -2.14. The lowest BCUT2D eigenvalue weighted by atomic mass is 10.1. The number of para-hydroxylation sites is 1. The van der Waals surface area contributed by atoms with Crippen LogP contribution in [0.15, 0.2) is 53.7 Å². The van der Waals surface area contributed by atoms with Gasteiger partial charge in [0.1, 0.15) is 5.75 Å². The second-order valence-corrected chi connectivity index (χ2v) is 7.68. The summed E-state index contributed by atoms with van der Waals surface area (Å²) in [4.78, 5) is 12.4. The maximum absolute atomic E-state index is 12.4. The van der Waals surface area contributed by atoms with Crippen LogP contribution in [0.3, 0.4) is 0 Å². The van der Waals surface area contributed by atoms with Crippen LogP contribution in [-0.4, -0.2) is 33.5 Å². The lowest BCUT2D eigenvalue weighted by molar-refractivity contribution is -0.119. The van der Waals surface area contributed by atoms with Crippen LogP contribution in [0.2, 0.25) is 0 Å². The number of amides is 1. The first-order valence-corrected chi connectivity index (χ1v) is 10.6. The van der Waals surface area contributed by atoms with Crippen LogP contribution in [0, 0.1) is 0 Å². The van der Waals surface area contributed by atoms with Gasteiger partial charge in [-0.3, -0.25) is 4.79 Å². The number of nitrogens with one attached hydrogen (secondary N) is 1. The summed E-state index contributed by atoms with van der Waals surface area (Å²) in [7, 11) is 3.52. The zero-order valence-corrected chi connectivity index (χ0v) is 18.0. The topological polar surface area (TPSA) is 69.0 Å². The van der Waals surface area contributed by atoms with Crippen molar-refractivity contribution >= 4 is 17.7 Å². The van der Waals surface area contributed by atoms with Gasteiger partial charge >= 0.3 is 0 Å². The van der Waals surface area contributed by atoms with Crippen LogP contribution < -0.4 is 10.1 Å². The predicted molar refractivity (Wildman–Crippen MR) is 116 cm³/mol. The van der Waals surface area contributed by atoms with Gasteiger partial charge in [0, 0.05) is 7.05 Å². The molecule has 29 heavy (non-hydrogen) atoms. The molecule has 3 aromatic rings. The monoisotopic (exact) mass is 410 g/mol. The molecule has 0 saturated carbocycles. The number of benzene rings is 2. The second kappa shape index (κ2) is 9.60. The van der Waals surface area contributed by atoms with Gasteiger partial charge < -0.3 is 14.6 Å². The lowest BCUT2D eigenvalue weighted by Crippen LogP contribution is -2.28. The van der Waals surface area contributed by atoms with Crippen molar-refractivity contribution in [3.05, 3.63) is 59.7 Å². The molecule has 0 radical (unpaired) electrons. The van der Waals surface area contributed by atoms with Crippen molar-refractivity contribution in [3.63, 3.8) is 0 Å². The standard InChI is InChI=1S/C22H26N4O2S/c1-5-16-10-12-17(13-11-16)15(2)23-20(27)14-29-22-25-24-21(26(22)3)18-8-6-7-9-19(18)28-4/h6-13,15H,5,14H2,1-4H3,(H,23,27)/t15-/m1/s1. The van der Waals surface area contributed by atoms with Crippen LogP contribution in [0.1, 0.15) is 31.0 Å². The largest absolute Gasteiger partial charge is 0.496 e. The molecular formula is C22H26N4O2S. The zero-order valence-electron chi connectivity index (χ0n) is 17.2. The summed E-state index contributed by atoms with van der Waals surface area (Å²) >= 11 is 1.36. The van der Waals surface area contributed by atoms with Gasteiger partial charge in [-0.05, 0) is 36.6 Å². The second-order valence-electron chi connectivity index (χ2n) is 6.74. The Kier molecular flexibility index (Phi) is 6.93. The normalized spacial score (nSPS) is 11.9. The molecule has 3 rings (SSSR count). The van der Waals surface area contributed by atoms with Crippen molar-refractivity contribution in [1.82, 2.24) is 20.1 Å². The number of aromatic nitrogens is 3. The van der Waals surface area contributed by atoms with Gasteiger partial charge in [-0.25, -0.2) is 0 Å². The number of carbonyl (C=O) groups is 1. The number of hydrogen-bond donors (Lipinski definition) is 1. The summed E-state index contributed by atoms with van der Waals surface area (Å²) in [6.07, 6.45) is 1.01. The molecule has 0 saturated heterocycles. The van der Waals surface area contributed by atoms with Crippen LogP contribution in [-0.2, 0) is 18.3 Å². The van der Waals surface area contributed by atoms with E-state index in [-0.39, 0.29) is 17.7 Å². The Morgan fingerprint density at radius 3 is 2.59 bits per heavy atom. The fraction of sp³-hybridized carbons (Fsp3) is 0.318. The van der Waals surface area contributed by atoms with E-state index in [9.17, 15) is 4.79 Å². The first-order chi connectivity index (χ1) is 14.0. The van der Waals surface area contributed by atoms with E-state index in [0.717, 1.165) is 23.3 Å². The first-order valence-electron chi connectivity index (χ1n) is 9.57. The van der Waals surface area contributed by atoms with E-state index >= 15 is 0 Å². The van der Waals surface area contributed by atoms with Crippen molar-refractivity contribution in [2.45, 2.75) is 31.5 Å². The minimum atomic E-state index is -0.0438. The fourth-order valence-electron chi connectivity index (χ4n) is 3.04. The smallest absolute Gasteiger partial charge is 0.230 e. The average Bonchev–Trinajstić information content (AvgIpc) is 3.12. The Morgan fingerprint density at radius 2 is 1.90 bits per heavy atom. The van der Waals surface area contributed by atoms with Crippen molar-refractivity contribution in [1.29, 1.82) is 0 Å². The number of rotatable bonds is 8. The summed E-state index contributed by atoms with van der Waals surface area (Å²) in [5.74, 6) is 1.67. The third-order valence-electron chi connectivity index (χ3n) is 4.78. The first kappa shape index (κ1) is 20.9. The van der Waals surface area contributed by atoms with Crippen LogP contribution in [0.25, 0.3) is 11.4 Å². The highest BCUT2D eigenvalue weighted by atomic mass is 32.2. The number of ether oxygens (including phenoxy) is 1. The Balaban J connectivity index is 1.61. The van der Waals surface area contributed by atoms with Crippen molar-refractivity contribution in [2.24, 2.45) is 7.05 Å². The summed E-state index contributed by atoms with van der Waals surface area (Å²) < 4.78 is 7.29. The van der Waals surface area contributed by atoms with E-state index in [4.69, 9.17) is 4.74 Å². The van der Waals surface area contributed by atoms with E-state index in [0.29, 0.717) is 11.0 Å². The molecule has 0 spiro atoms. The summed E-state index contributed by atoms with van der Waals surface area (Å²) in [5.41, 5.74) is 3.25. The molecule has 1 N–H and O–H groups in total. The molecule has 0 bridgehead atoms. The Morgan fingerprint density at radius 1 is 1.17 bits per heavy atom. The minimum absolute atomic E-state index is 0.0380. The van der Waals surface area contributed by atoms with Gasteiger partial charge in [0.25, 0.3) is 0 Å². The van der Waals surface area contributed by atoms with E-state index in [1.165, 1.54) is 17.3 Å². The Bertz CT molecular complexity index is 969. The third kappa shape index (κ3) is 4.98. The SMILES string of the molecule is CCc1ccc([C@@H](C)NC(=O)CSc2nnc(-c3ccccc3OC)n2C)cc1. The molecular weight excluding hydrogens is 384 g/mol. The zero-order chi connectivity index (χ0) is 20.8. The molecule has 1 amide bonds. The average molecular weight is 411 g/mol. The van der Waals surface area contributed by atoms with Crippen molar-refractivity contribution < 1.29 is 9.53 Å². The molecule has 1 atom stereocenters. The molecule has 0 aliphatic carbocycles. The van der Waals surface area contributed by atoms with Gasteiger partial charge in [-0.2, -0.15) is 0 Å². The molecule has 1 aromatic heterocycles. The summed E-state index contributed by atoms with van der Waals surface area (Å²) in [6.45, 7) is 4.12. The fourth-order valence-corrected chi connectivity index (χ4v) is 3.77. The number of methoxy groups -OCH3 is 1. The van der Waals surface area contributed by atoms with E-state index < -0.39 is 0 Å². The number of thioether (sulfide) groups is 1. The molecule has 6 nitrogen and oxygen atoms in total. The van der Waals surface area contributed by atoms with E-state index in [2.05, 4.69) is 46.7 Å². The van der Waals surface area contributed by atoms with Gasteiger partial charge in [-0.1, -0.05) is 55.1 Å². The van der Waals surface area contributed by atoms with Crippen LogP contribution in [0.4, 0.5) is 0 Å². The number of carbonyl (C=O) groups excluding carboxylic acids is 1. The molecule has 0 unspecified atom stereocenters. The molecule has 0 fully saturated rings. The molecule has 2 aromatic carbocycles. The van der Waals surface area contributed by atoms with E-state index in [1.54, 1.807) is 7.11 Å². The quantitative estimate of drug-likeness (QED) is 0.568. The Hall–Kier alpha value is -2.80. The van der Waals surface area contributed by atoms with Gasteiger partial charge in [-0.15, -0.1) is 10.2 Å². The molecule has 1 heterocycles. The summed E-state index contributed by atoms with van der Waals surface area (Å²) in [6, 6.07) is 16.0. The number of hydrogen-bond acceptors (Lipinski definition) is 5. The maximum atomic E-state index is 12.4.